The summed E-state index contributed by atoms with van der Waals surface area (Å²) in [5.41, 5.74) is 0. The summed E-state index contributed by atoms with van der Waals surface area (Å²) in [4.78, 5) is 14.6. The molecule has 0 aliphatic heterocycles. The first-order valence-corrected chi connectivity index (χ1v) is 4.07. The highest BCUT2D eigenvalue weighted by Gasteiger charge is 2.06. The van der Waals surface area contributed by atoms with E-state index < -0.39 is 0 Å². The van der Waals surface area contributed by atoms with Gasteiger partial charge in [-0.1, -0.05) is 0 Å². The second-order valence-electron chi connectivity index (χ2n) is 3.10. The minimum atomic E-state index is 0.0930. The SMILES string of the molecule is CN(CCCO)CC(=O)N(C)C. The first kappa shape index (κ1) is 11.4. The number of rotatable bonds is 5. The Labute approximate surface area is 73.8 Å². The molecule has 1 N–H and O–H groups in total. The van der Waals surface area contributed by atoms with Crippen LogP contribution < -0.4 is 0 Å². The van der Waals surface area contributed by atoms with Crippen molar-refractivity contribution in [2.24, 2.45) is 0 Å². The van der Waals surface area contributed by atoms with Gasteiger partial charge in [-0.25, -0.2) is 0 Å². The summed E-state index contributed by atoms with van der Waals surface area (Å²) in [5, 5.41) is 8.54. The maximum absolute atomic E-state index is 11.1. The molecule has 0 aromatic carbocycles. The fourth-order valence-corrected chi connectivity index (χ4v) is 0.792. The molecule has 0 heterocycles. The van der Waals surface area contributed by atoms with E-state index in [9.17, 15) is 4.79 Å². The van der Waals surface area contributed by atoms with Crippen molar-refractivity contribution in [2.75, 3.05) is 40.8 Å². The van der Waals surface area contributed by atoms with Crippen molar-refractivity contribution in [2.45, 2.75) is 6.42 Å². The molecule has 0 bridgehead atoms. The van der Waals surface area contributed by atoms with Gasteiger partial charge in [0.05, 0.1) is 6.54 Å². The smallest absolute Gasteiger partial charge is 0.236 e. The van der Waals surface area contributed by atoms with Gasteiger partial charge < -0.3 is 10.0 Å². The van der Waals surface area contributed by atoms with Gasteiger partial charge in [-0.2, -0.15) is 0 Å². The molecule has 0 fully saturated rings. The van der Waals surface area contributed by atoms with Crippen molar-refractivity contribution in [3.05, 3.63) is 0 Å². The van der Waals surface area contributed by atoms with Gasteiger partial charge in [0, 0.05) is 27.2 Å². The molecule has 0 saturated heterocycles. The van der Waals surface area contributed by atoms with Gasteiger partial charge >= 0.3 is 0 Å². The van der Waals surface area contributed by atoms with Crippen molar-refractivity contribution in [1.82, 2.24) is 9.80 Å². The van der Waals surface area contributed by atoms with Crippen LogP contribution in [0.2, 0.25) is 0 Å². The van der Waals surface area contributed by atoms with Crippen molar-refractivity contribution in [3.63, 3.8) is 0 Å². The Morgan fingerprint density at radius 3 is 2.33 bits per heavy atom. The summed E-state index contributed by atoms with van der Waals surface area (Å²) in [6.07, 6.45) is 0.719. The standard InChI is InChI=1S/C8H18N2O2/c1-9(2)8(12)7-10(3)5-4-6-11/h11H,4-7H2,1-3H3. The number of aliphatic hydroxyl groups excluding tert-OH is 1. The van der Waals surface area contributed by atoms with Crippen molar-refractivity contribution < 1.29 is 9.90 Å². The number of hydrogen-bond acceptors (Lipinski definition) is 3. The molecule has 0 aromatic heterocycles. The van der Waals surface area contributed by atoms with Gasteiger partial charge in [0.2, 0.25) is 5.91 Å². The zero-order valence-electron chi connectivity index (χ0n) is 8.08. The molecular formula is C8H18N2O2. The number of carbonyl (C=O) groups excluding carboxylic acids is 1. The summed E-state index contributed by atoms with van der Waals surface area (Å²) >= 11 is 0. The third-order valence-corrected chi connectivity index (χ3v) is 1.60. The van der Waals surface area contributed by atoms with Crippen LogP contribution in [0.3, 0.4) is 0 Å². The van der Waals surface area contributed by atoms with Crippen LogP contribution in [0, 0.1) is 0 Å². The molecule has 1 amide bonds. The van der Waals surface area contributed by atoms with Crippen molar-refractivity contribution >= 4 is 5.91 Å². The highest BCUT2D eigenvalue weighted by Crippen LogP contribution is 1.88. The second-order valence-corrected chi connectivity index (χ2v) is 3.10. The van der Waals surface area contributed by atoms with Crippen molar-refractivity contribution in [3.8, 4) is 0 Å². The molecule has 0 aromatic rings. The minimum absolute atomic E-state index is 0.0930. The van der Waals surface area contributed by atoms with E-state index in [4.69, 9.17) is 5.11 Å². The van der Waals surface area contributed by atoms with Gasteiger partial charge in [-0.05, 0) is 13.5 Å². The molecule has 0 aliphatic carbocycles. The first-order chi connectivity index (χ1) is 5.57. The van der Waals surface area contributed by atoms with Gasteiger partial charge in [0.15, 0.2) is 0 Å². The number of carbonyl (C=O) groups is 1. The van der Waals surface area contributed by atoms with Gasteiger partial charge in [-0.3, -0.25) is 9.69 Å². The molecule has 0 saturated carbocycles. The van der Waals surface area contributed by atoms with Crippen LogP contribution in [0.1, 0.15) is 6.42 Å². The maximum atomic E-state index is 11.1. The van der Waals surface area contributed by atoms with Crippen LogP contribution in [0.25, 0.3) is 0 Å². The summed E-state index contributed by atoms with van der Waals surface area (Å²) in [7, 11) is 5.35. The molecule has 4 heteroatoms. The largest absolute Gasteiger partial charge is 0.396 e. The predicted molar refractivity (Wildman–Crippen MR) is 47.9 cm³/mol. The molecule has 0 radical (unpaired) electrons. The Morgan fingerprint density at radius 1 is 1.33 bits per heavy atom. The average molecular weight is 174 g/mol. The Bertz CT molecular complexity index is 137. The third-order valence-electron chi connectivity index (χ3n) is 1.60. The molecule has 0 spiro atoms. The molecule has 0 unspecified atom stereocenters. The van der Waals surface area contributed by atoms with Crippen LogP contribution in [0.5, 0.6) is 0 Å². The van der Waals surface area contributed by atoms with E-state index in [-0.39, 0.29) is 12.5 Å². The molecule has 0 atom stereocenters. The van der Waals surface area contributed by atoms with E-state index in [2.05, 4.69) is 0 Å². The molecular weight excluding hydrogens is 156 g/mol. The number of nitrogens with zero attached hydrogens (tertiary/aromatic N) is 2. The van der Waals surface area contributed by atoms with Gasteiger partial charge in [-0.15, -0.1) is 0 Å². The minimum Gasteiger partial charge on any atom is -0.396 e. The van der Waals surface area contributed by atoms with Gasteiger partial charge in [0.25, 0.3) is 0 Å². The van der Waals surface area contributed by atoms with E-state index in [1.165, 1.54) is 0 Å². The lowest BCUT2D eigenvalue weighted by molar-refractivity contribution is -0.129. The second kappa shape index (κ2) is 5.97. The Morgan fingerprint density at radius 2 is 1.92 bits per heavy atom. The van der Waals surface area contributed by atoms with E-state index in [1.54, 1.807) is 19.0 Å². The molecule has 0 rings (SSSR count). The highest BCUT2D eigenvalue weighted by molar-refractivity contribution is 5.77. The van der Waals surface area contributed by atoms with Crippen LogP contribution in [-0.4, -0.2) is 61.7 Å². The van der Waals surface area contributed by atoms with E-state index in [1.807, 2.05) is 11.9 Å². The van der Waals surface area contributed by atoms with E-state index in [0.717, 1.165) is 13.0 Å². The highest BCUT2D eigenvalue weighted by atomic mass is 16.3. The summed E-state index contributed by atoms with van der Waals surface area (Å²) in [6.45, 7) is 1.36. The number of hydrogen-bond donors (Lipinski definition) is 1. The van der Waals surface area contributed by atoms with Crippen LogP contribution in [0.15, 0.2) is 0 Å². The molecule has 0 aliphatic rings. The summed E-state index contributed by atoms with van der Waals surface area (Å²) in [5.74, 6) is 0.0930. The normalized spacial score (nSPS) is 10.4. The topological polar surface area (TPSA) is 43.8 Å². The maximum Gasteiger partial charge on any atom is 0.236 e. The zero-order chi connectivity index (χ0) is 9.56. The van der Waals surface area contributed by atoms with Crippen LogP contribution >= 0.6 is 0 Å². The number of aliphatic hydroxyl groups is 1. The summed E-state index contributed by atoms with van der Waals surface area (Å²) in [6, 6.07) is 0. The summed E-state index contributed by atoms with van der Waals surface area (Å²) < 4.78 is 0. The first-order valence-electron chi connectivity index (χ1n) is 4.07. The van der Waals surface area contributed by atoms with Crippen LogP contribution in [-0.2, 0) is 4.79 Å². The fraction of sp³-hybridized carbons (Fsp3) is 0.875. The quantitative estimate of drug-likeness (QED) is 0.604. The van der Waals surface area contributed by atoms with E-state index in [0.29, 0.717) is 6.54 Å². The zero-order valence-corrected chi connectivity index (χ0v) is 8.08. The predicted octanol–water partition coefficient (Wildman–Crippen LogP) is -0.611. The lowest BCUT2D eigenvalue weighted by atomic mass is 10.4. The van der Waals surface area contributed by atoms with Gasteiger partial charge in [0.1, 0.15) is 0 Å². The molecule has 72 valence electrons. The Balaban J connectivity index is 3.54. The Hall–Kier alpha value is -0.610. The lowest BCUT2D eigenvalue weighted by Gasteiger charge is -2.18. The Kier molecular flexibility index (Phi) is 5.66. The van der Waals surface area contributed by atoms with Crippen molar-refractivity contribution in [1.29, 1.82) is 0 Å². The van der Waals surface area contributed by atoms with Crippen LogP contribution in [0.4, 0.5) is 0 Å². The average Bonchev–Trinajstić information content (AvgIpc) is 2.00. The number of likely N-dealkylation sites (N-methyl/N-ethyl adjacent to an activating group) is 2. The number of amides is 1. The third kappa shape index (κ3) is 5.09. The monoisotopic (exact) mass is 174 g/mol. The van der Waals surface area contributed by atoms with E-state index >= 15 is 0 Å². The fourth-order valence-electron chi connectivity index (χ4n) is 0.792. The lowest BCUT2D eigenvalue weighted by Crippen LogP contribution is -2.35. The molecule has 12 heavy (non-hydrogen) atoms. The molecule has 4 nitrogen and oxygen atoms in total.